The average molecular weight is 277 g/mol. The molecule has 0 saturated heterocycles. The standard InChI is InChI=1S/C13H18F3NO2/c1-8(18)9(2)19-12(7-17)10-4-3-5-11(6-10)13(14,15)16/h3-6,8-9,12,18H,7,17H2,1-2H3. The zero-order valence-electron chi connectivity index (χ0n) is 10.8. The summed E-state index contributed by atoms with van der Waals surface area (Å²) in [5.41, 5.74) is 5.14. The van der Waals surface area contributed by atoms with Gasteiger partial charge in [-0.3, -0.25) is 0 Å². The van der Waals surface area contributed by atoms with Crippen molar-refractivity contribution in [1.29, 1.82) is 0 Å². The van der Waals surface area contributed by atoms with Crippen LogP contribution in [0.4, 0.5) is 13.2 Å². The predicted molar refractivity (Wildman–Crippen MR) is 65.5 cm³/mol. The number of rotatable bonds is 5. The molecule has 108 valence electrons. The van der Waals surface area contributed by atoms with E-state index in [-0.39, 0.29) is 6.54 Å². The number of hydrogen-bond acceptors (Lipinski definition) is 3. The number of hydrogen-bond donors (Lipinski definition) is 2. The van der Waals surface area contributed by atoms with Crippen LogP contribution in [0.2, 0.25) is 0 Å². The molecular weight excluding hydrogens is 259 g/mol. The van der Waals surface area contributed by atoms with E-state index in [0.717, 1.165) is 12.1 Å². The van der Waals surface area contributed by atoms with Crippen LogP contribution in [-0.4, -0.2) is 23.9 Å². The molecule has 0 aliphatic rings. The summed E-state index contributed by atoms with van der Waals surface area (Å²) in [6, 6.07) is 4.86. The van der Waals surface area contributed by atoms with Crippen molar-refractivity contribution in [3.8, 4) is 0 Å². The third kappa shape index (κ3) is 4.49. The zero-order valence-corrected chi connectivity index (χ0v) is 10.8. The van der Waals surface area contributed by atoms with Gasteiger partial charge in [0.15, 0.2) is 0 Å². The summed E-state index contributed by atoms with van der Waals surface area (Å²) >= 11 is 0. The van der Waals surface area contributed by atoms with Crippen molar-refractivity contribution < 1.29 is 23.0 Å². The summed E-state index contributed by atoms with van der Waals surface area (Å²) in [6.07, 6.45) is -6.31. The molecule has 3 unspecified atom stereocenters. The molecule has 0 aliphatic heterocycles. The fourth-order valence-electron chi connectivity index (χ4n) is 1.56. The minimum atomic E-state index is -4.40. The van der Waals surface area contributed by atoms with Gasteiger partial charge in [-0.25, -0.2) is 0 Å². The maximum Gasteiger partial charge on any atom is 0.416 e. The van der Waals surface area contributed by atoms with E-state index in [4.69, 9.17) is 10.5 Å². The van der Waals surface area contributed by atoms with E-state index in [9.17, 15) is 18.3 Å². The van der Waals surface area contributed by atoms with Gasteiger partial charge in [-0.15, -0.1) is 0 Å². The van der Waals surface area contributed by atoms with Crippen LogP contribution in [0.15, 0.2) is 24.3 Å². The lowest BCUT2D eigenvalue weighted by molar-refractivity contribution is -0.137. The molecule has 0 saturated carbocycles. The minimum Gasteiger partial charge on any atom is -0.391 e. The number of aliphatic hydroxyl groups is 1. The topological polar surface area (TPSA) is 55.5 Å². The Morgan fingerprint density at radius 1 is 1.32 bits per heavy atom. The average Bonchev–Trinajstić information content (AvgIpc) is 2.34. The number of ether oxygens (including phenoxy) is 1. The summed E-state index contributed by atoms with van der Waals surface area (Å²) in [5, 5.41) is 9.35. The summed E-state index contributed by atoms with van der Waals surface area (Å²) in [4.78, 5) is 0. The molecule has 0 radical (unpaired) electrons. The van der Waals surface area contributed by atoms with E-state index in [0.29, 0.717) is 5.56 Å². The Morgan fingerprint density at radius 2 is 1.95 bits per heavy atom. The highest BCUT2D eigenvalue weighted by Crippen LogP contribution is 2.31. The zero-order chi connectivity index (χ0) is 14.6. The van der Waals surface area contributed by atoms with E-state index < -0.39 is 30.1 Å². The SMILES string of the molecule is CC(O)C(C)OC(CN)c1cccc(C(F)(F)F)c1. The van der Waals surface area contributed by atoms with Crippen LogP contribution in [0.3, 0.4) is 0 Å². The first kappa shape index (κ1) is 15.9. The van der Waals surface area contributed by atoms with E-state index >= 15 is 0 Å². The molecule has 1 rings (SSSR count). The molecule has 0 bridgehead atoms. The number of nitrogens with two attached hydrogens (primary N) is 1. The Balaban J connectivity index is 2.93. The molecule has 3 atom stereocenters. The lowest BCUT2D eigenvalue weighted by Gasteiger charge is -2.24. The van der Waals surface area contributed by atoms with Crippen molar-refractivity contribution in [2.45, 2.75) is 38.3 Å². The number of benzene rings is 1. The summed E-state index contributed by atoms with van der Waals surface area (Å²) in [6.45, 7) is 3.23. The highest BCUT2D eigenvalue weighted by atomic mass is 19.4. The first-order valence-electron chi connectivity index (χ1n) is 5.96. The van der Waals surface area contributed by atoms with E-state index in [1.165, 1.54) is 12.1 Å². The van der Waals surface area contributed by atoms with Gasteiger partial charge in [-0.05, 0) is 31.5 Å². The molecule has 0 aromatic heterocycles. The Morgan fingerprint density at radius 3 is 2.42 bits per heavy atom. The summed E-state index contributed by atoms with van der Waals surface area (Å²) in [7, 11) is 0. The monoisotopic (exact) mass is 277 g/mol. The Hall–Kier alpha value is -1.11. The van der Waals surface area contributed by atoms with Crippen LogP contribution >= 0.6 is 0 Å². The maximum absolute atomic E-state index is 12.6. The third-order valence-corrected chi connectivity index (χ3v) is 2.86. The van der Waals surface area contributed by atoms with Crippen molar-refractivity contribution in [3.63, 3.8) is 0 Å². The minimum absolute atomic E-state index is 0.0401. The molecule has 3 N–H and O–H groups in total. The summed E-state index contributed by atoms with van der Waals surface area (Å²) in [5.74, 6) is 0. The number of alkyl halides is 3. The van der Waals surface area contributed by atoms with Crippen molar-refractivity contribution in [2.24, 2.45) is 5.73 Å². The largest absolute Gasteiger partial charge is 0.416 e. The molecule has 0 amide bonds. The highest BCUT2D eigenvalue weighted by Gasteiger charge is 2.31. The fourth-order valence-corrected chi connectivity index (χ4v) is 1.56. The van der Waals surface area contributed by atoms with Gasteiger partial charge < -0.3 is 15.6 Å². The number of halogens is 3. The molecule has 6 heteroatoms. The summed E-state index contributed by atoms with van der Waals surface area (Å²) < 4.78 is 43.3. The Kier molecular flexibility index (Phi) is 5.34. The van der Waals surface area contributed by atoms with Gasteiger partial charge in [-0.1, -0.05) is 12.1 Å². The second kappa shape index (κ2) is 6.36. The fraction of sp³-hybridized carbons (Fsp3) is 0.538. The first-order valence-corrected chi connectivity index (χ1v) is 5.96. The van der Waals surface area contributed by atoms with Crippen LogP contribution in [0, 0.1) is 0 Å². The van der Waals surface area contributed by atoms with Crippen molar-refractivity contribution in [3.05, 3.63) is 35.4 Å². The lowest BCUT2D eigenvalue weighted by Crippen LogP contribution is -2.28. The first-order chi connectivity index (χ1) is 8.75. The molecule has 0 heterocycles. The molecule has 0 spiro atoms. The van der Waals surface area contributed by atoms with Gasteiger partial charge in [0, 0.05) is 6.54 Å². The molecule has 1 aromatic rings. The molecule has 3 nitrogen and oxygen atoms in total. The van der Waals surface area contributed by atoms with Crippen LogP contribution in [0.1, 0.15) is 31.1 Å². The van der Waals surface area contributed by atoms with Crippen LogP contribution in [0.25, 0.3) is 0 Å². The van der Waals surface area contributed by atoms with Crippen LogP contribution < -0.4 is 5.73 Å². The lowest BCUT2D eigenvalue weighted by atomic mass is 10.1. The van der Waals surface area contributed by atoms with E-state index in [1.54, 1.807) is 13.8 Å². The van der Waals surface area contributed by atoms with Gasteiger partial charge in [0.1, 0.15) is 0 Å². The highest BCUT2D eigenvalue weighted by molar-refractivity contribution is 5.27. The molecule has 0 aliphatic carbocycles. The van der Waals surface area contributed by atoms with E-state index in [1.807, 2.05) is 0 Å². The second-order valence-electron chi connectivity index (χ2n) is 4.43. The Bertz CT molecular complexity index is 407. The number of aliphatic hydroxyl groups excluding tert-OH is 1. The normalized spacial score (nSPS) is 17.0. The van der Waals surface area contributed by atoms with Crippen molar-refractivity contribution in [1.82, 2.24) is 0 Å². The third-order valence-electron chi connectivity index (χ3n) is 2.86. The van der Waals surface area contributed by atoms with Gasteiger partial charge in [0.2, 0.25) is 0 Å². The Labute approximate surface area is 110 Å². The quantitative estimate of drug-likeness (QED) is 0.869. The molecule has 0 fully saturated rings. The van der Waals surface area contributed by atoms with Crippen molar-refractivity contribution in [2.75, 3.05) is 6.54 Å². The predicted octanol–water partition coefficient (Wildman–Crippen LogP) is 2.49. The maximum atomic E-state index is 12.6. The van der Waals surface area contributed by atoms with Crippen LogP contribution in [0.5, 0.6) is 0 Å². The van der Waals surface area contributed by atoms with Crippen LogP contribution in [-0.2, 0) is 10.9 Å². The van der Waals surface area contributed by atoms with Crippen molar-refractivity contribution >= 4 is 0 Å². The van der Waals surface area contributed by atoms with E-state index in [2.05, 4.69) is 0 Å². The molecule has 19 heavy (non-hydrogen) atoms. The smallest absolute Gasteiger partial charge is 0.391 e. The van der Waals surface area contributed by atoms with Gasteiger partial charge in [0.25, 0.3) is 0 Å². The van der Waals surface area contributed by atoms with Gasteiger partial charge in [0.05, 0.1) is 23.9 Å². The van der Waals surface area contributed by atoms with Gasteiger partial charge in [-0.2, -0.15) is 13.2 Å². The molecular formula is C13H18F3NO2. The van der Waals surface area contributed by atoms with Gasteiger partial charge >= 0.3 is 6.18 Å². The second-order valence-corrected chi connectivity index (χ2v) is 4.43. The molecule has 1 aromatic carbocycles.